The second-order valence-corrected chi connectivity index (χ2v) is 8.31. The summed E-state index contributed by atoms with van der Waals surface area (Å²) in [4.78, 5) is -0.723. The molecule has 0 bridgehead atoms. The number of rotatable bonds is 2. The van der Waals surface area contributed by atoms with Gasteiger partial charge in [-0.3, -0.25) is 0 Å². The van der Waals surface area contributed by atoms with Gasteiger partial charge in [-0.15, -0.1) is 12.4 Å². The molecule has 2 aliphatic rings. The normalized spacial score (nSPS) is 25.2. The summed E-state index contributed by atoms with van der Waals surface area (Å²) in [6.07, 6.45) is -4.12. The van der Waals surface area contributed by atoms with Crippen molar-refractivity contribution in [1.82, 2.24) is 9.62 Å². The third-order valence-corrected chi connectivity index (χ3v) is 6.69. The fourth-order valence-electron chi connectivity index (χ4n) is 3.31. The summed E-state index contributed by atoms with van der Waals surface area (Å²) in [7, 11) is -4.20. The molecule has 136 valence electrons. The van der Waals surface area contributed by atoms with Crippen LogP contribution in [0.2, 0.25) is 5.02 Å². The fourth-order valence-corrected chi connectivity index (χ4v) is 5.18. The number of piperidine rings is 1. The molecule has 2 fully saturated rings. The first kappa shape index (κ1) is 19.8. The zero-order valence-electron chi connectivity index (χ0n) is 12.5. The van der Waals surface area contributed by atoms with Crippen molar-refractivity contribution in [3.8, 4) is 0 Å². The minimum absolute atomic E-state index is 0. The Morgan fingerprint density at radius 2 is 1.88 bits per heavy atom. The molecule has 0 aromatic heterocycles. The van der Waals surface area contributed by atoms with E-state index in [1.807, 2.05) is 0 Å². The summed E-state index contributed by atoms with van der Waals surface area (Å²) < 4.78 is 66.2. The van der Waals surface area contributed by atoms with E-state index >= 15 is 0 Å². The maximum absolute atomic E-state index is 13.2. The maximum Gasteiger partial charge on any atom is 0.417 e. The van der Waals surface area contributed by atoms with Crippen molar-refractivity contribution in [2.24, 2.45) is 11.8 Å². The highest BCUT2D eigenvalue weighted by Crippen LogP contribution is 2.38. The van der Waals surface area contributed by atoms with E-state index in [1.54, 1.807) is 0 Å². The Hall–Kier alpha value is -0.540. The lowest BCUT2D eigenvalue weighted by Gasteiger charge is -2.34. The first-order chi connectivity index (χ1) is 10.7. The zero-order valence-corrected chi connectivity index (χ0v) is 14.9. The molecule has 1 aromatic carbocycles. The van der Waals surface area contributed by atoms with E-state index in [9.17, 15) is 21.6 Å². The van der Waals surface area contributed by atoms with E-state index in [1.165, 1.54) is 10.4 Å². The Morgan fingerprint density at radius 3 is 2.54 bits per heavy atom. The SMILES string of the molecule is Cl.O=S(=O)(c1ccc(Cl)cc1C(F)(F)F)N1CCC2CNCC2C1. The summed E-state index contributed by atoms with van der Waals surface area (Å²) in [5, 5.41) is 3.06. The molecule has 2 aliphatic heterocycles. The van der Waals surface area contributed by atoms with Gasteiger partial charge in [-0.2, -0.15) is 17.5 Å². The maximum atomic E-state index is 13.2. The molecule has 3 rings (SSSR count). The van der Waals surface area contributed by atoms with Crippen LogP contribution in [0.5, 0.6) is 0 Å². The van der Waals surface area contributed by atoms with Crippen molar-refractivity contribution in [3.63, 3.8) is 0 Å². The topological polar surface area (TPSA) is 49.4 Å². The van der Waals surface area contributed by atoms with E-state index in [4.69, 9.17) is 11.6 Å². The summed E-state index contributed by atoms with van der Waals surface area (Å²) in [6.45, 7) is 2.03. The average Bonchev–Trinajstić information content (AvgIpc) is 2.93. The van der Waals surface area contributed by atoms with Gasteiger partial charge in [0.05, 0.1) is 10.5 Å². The molecule has 0 radical (unpaired) electrons. The molecule has 0 spiro atoms. The number of nitrogens with zero attached hydrogens (tertiary/aromatic N) is 1. The van der Waals surface area contributed by atoms with Crippen molar-refractivity contribution < 1.29 is 21.6 Å². The summed E-state index contributed by atoms with van der Waals surface area (Å²) in [6, 6.07) is 2.78. The smallest absolute Gasteiger partial charge is 0.316 e. The lowest BCUT2D eigenvalue weighted by molar-refractivity contribution is -0.139. The van der Waals surface area contributed by atoms with Crippen molar-refractivity contribution >= 4 is 34.0 Å². The molecule has 1 aromatic rings. The monoisotopic (exact) mass is 404 g/mol. The summed E-state index contributed by atoms with van der Waals surface area (Å²) >= 11 is 5.62. The summed E-state index contributed by atoms with van der Waals surface area (Å²) in [5.74, 6) is 0.550. The minimum atomic E-state index is -4.78. The van der Waals surface area contributed by atoms with Gasteiger partial charge in [0.25, 0.3) is 0 Å². The lowest BCUT2D eigenvalue weighted by Crippen LogP contribution is -2.43. The van der Waals surface area contributed by atoms with Gasteiger partial charge in [0.2, 0.25) is 10.0 Å². The highest BCUT2D eigenvalue weighted by atomic mass is 35.5. The van der Waals surface area contributed by atoms with Gasteiger partial charge in [-0.1, -0.05) is 11.6 Å². The van der Waals surface area contributed by atoms with E-state index in [2.05, 4.69) is 5.32 Å². The molecule has 0 saturated carbocycles. The first-order valence-electron chi connectivity index (χ1n) is 7.27. The molecule has 2 heterocycles. The predicted octanol–water partition coefficient (Wildman–Crippen LogP) is 3.01. The van der Waals surface area contributed by atoms with Crippen LogP contribution in [-0.2, 0) is 16.2 Å². The molecule has 2 unspecified atom stereocenters. The molecule has 2 saturated heterocycles. The number of fused-ring (bicyclic) bond motifs is 1. The molecule has 4 nitrogen and oxygen atoms in total. The zero-order chi connectivity index (χ0) is 16.8. The van der Waals surface area contributed by atoms with Crippen LogP contribution in [0.4, 0.5) is 13.2 Å². The Balaban J connectivity index is 0.00000208. The van der Waals surface area contributed by atoms with Crippen LogP contribution in [-0.4, -0.2) is 38.9 Å². The van der Waals surface area contributed by atoms with Crippen molar-refractivity contribution in [2.75, 3.05) is 26.2 Å². The molecule has 0 aliphatic carbocycles. The molecular formula is C14H17Cl2F3N2O2S. The second kappa shape index (κ2) is 6.99. The molecule has 1 N–H and O–H groups in total. The second-order valence-electron chi connectivity index (χ2n) is 5.97. The number of hydrogen-bond acceptors (Lipinski definition) is 3. The van der Waals surface area contributed by atoms with Crippen molar-refractivity contribution in [1.29, 1.82) is 0 Å². The Labute approximate surface area is 149 Å². The van der Waals surface area contributed by atoms with Crippen molar-refractivity contribution in [2.45, 2.75) is 17.5 Å². The van der Waals surface area contributed by atoms with Crippen LogP contribution in [0.3, 0.4) is 0 Å². The van der Waals surface area contributed by atoms with Gasteiger partial charge >= 0.3 is 6.18 Å². The highest BCUT2D eigenvalue weighted by molar-refractivity contribution is 7.89. The number of halogens is 5. The van der Waals surface area contributed by atoms with Crippen LogP contribution >= 0.6 is 24.0 Å². The highest BCUT2D eigenvalue weighted by Gasteiger charge is 2.42. The van der Waals surface area contributed by atoms with Gasteiger partial charge < -0.3 is 5.32 Å². The predicted molar refractivity (Wildman–Crippen MR) is 86.9 cm³/mol. The standard InChI is InChI=1S/C14H16ClF3N2O2S.ClH/c15-11-1-2-13(12(5-11)14(16,17)18)23(21,22)20-4-3-9-6-19-7-10(9)8-20;/h1-2,5,9-10,19H,3-4,6-8H2;1H. The Kier molecular flexibility index (Phi) is 5.76. The van der Waals surface area contributed by atoms with Crippen molar-refractivity contribution in [3.05, 3.63) is 28.8 Å². The number of sulfonamides is 1. The Bertz CT molecular complexity index is 712. The lowest BCUT2D eigenvalue weighted by atomic mass is 9.90. The summed E-state index contributed by atoms with van der Waals surface area (Å²) in [5.41, 5.74) is -1.21. The third-order valence-electron chi connectivity index (χ3n) is 4.53. The number of nitrogens with one attached hydrogen (secondary N) is 1. The van der Waals surface area contributed by atoms with E-state index < -0.39 is 26.7 Å². The molecule has 0 amide bonds. The first-order valence-corrected chi connectivity index (χ1v) is 9.09. The quantitative estimate of drug-likeness (QED) is 0.823. The Morgan fingerprint density at radius 1 is 1.21 bits per heavy atom. The van der Waals surface area contributed by atoms with Crippen LogP contribution < -0.4 is 5.32 Å². The molecular weight excluding hydrogens is 388 g/mol. The van der Waals surface area contributed by atoms with Gasteiger partial charge in [0, 0.05) is 18.1 Å². The molecule has 2 atom stereocenters. The number of benzene rings is 1. The molecule has 10 heteroatoms. The number of alkyl halides is 3. The van der Waals surface area contributed by atoms with Gasteiger partial charge in [-0.05, 0) is 49.5 Å². The van der Waals surface area contributed by atoms with Gasteiger partial charge in [0.1, 0.15) is 0 Å². The van der Waals surface area contributed by atoms with Gasteiger partial charge in [-0.25, -0.2) is 8.42 Å². The van der Waals surface area contributed by atoms with Crippen LogP contribution in [0, 0.1) is 11.8 Å². The average molecular weight is 405 g/mol. The molecule has 24 heavy (non-hydrogen) atoms. The van der Waals surface area contributed by atoms with E-state index in [0.717, 1.165) is 12.6 Å². The van der Waals surface area contributed by atoms with Gasteiger partial charge in [0.15, 0.2) is 0 Å². The van der Waals surface area contributed by atoms with E-state index in [-0.39, 0.29) is 36.4 Å². The fraction of sp³-hybridized carbons (Fsp3) is 0.571. The third kappa shape index (κ3) is 3.67. The van der Waals surface area contributed by atoms with Crippen LogP contribution in [0.1, 0.15) is 12.0 Å². The largest absolute Gasteiger partial charge is 0.417 e. The van der Waals surface area contributed by atoms with Crippen LogP contribution in [0.25, 0.3) is 0 Å². The minimum Gasteiger partial charge on any atom is -0.316 e. The van der Waals surface area contributed by atoms with Crippen LogP contribution in [0.15, 0.2) is 23.1 Å². The van der Waals surface area contributed by atoms with E-state index in [0.29, 0.717) is 24.9 Å². The number of hydrogen-bond donors (Lipinski definition) is 1.